The van der Waals surface area contributed by atoms with Gasteiger partial charge in [0, 0.05) is 38.1 Å². The number of carbonyl (C=O) groups is 1. The predicted molar refractivity (Wildman–Crippen MR) is 115 cm³/mol. The molecule has 2 heterocycles. The fourth-order valence-corrected chi connectivity index (χ4v) is 4.65. The Kier molecular flexibility index (Phi) is 6.54. The number of aromatic nitrogens is 1. The molecule has 156 valence electrons. The first-order valence-corrected chi connectivity index (χ1v) is 11.3. The van der Waals surface area contributed by atoms with Crippen LogP contribution in [0.4, 0.5) is 11.5 Å². The number of nitrogens with zero attached hydrogens (tertiary/aromatic N) is 3. The highest BCUT2D eigenvalue weighted by molar-refractivity contribution is 7.89. The maximum absolute atomic E-state index is 12.9. The summed E-state index contributed by atoms with van der Waals surface area (Å²) in [6.45, 7) is 5.43. The topological polar surface area (TPSA) is 82.6 Å². The minimum absolute atomic E-state index is 0.141. The number of sulfonamides is 1. The number of anilines is 2. The summed E-state index contributed by atoms with van der Waals surface area (Å²) in [5, 5.41) is 2.85. The number of rotatable bonds is 6. The van der Waals surface area contributed by atoms with Crippen LogP contribution in [0.15, 0.2) is 47.5 Å². The van der Waals surface area contributed by atoms with Crippen LogP contribution in [0.5, 0.6) is 0 Å². The van der Waals surface area contributed by atoms with Crippen molar-refractivity contribution < 1.29 is 13.2 Å². The zero-order valence-corrected chi connectivity index (χ0v) is 17.9. The van der Waals surface area contributed by atoms with Crippen LogP contribution in [0.2, 0.25) is 0 Å². The molecule has 3 rings (SSSR count). The molecule has 0 bridgehead atoms. The lowest BCUT2D eigenvalue weighted by molar-refractivity contribution is 0.102. The van der Waals surface area contributed by atoms with Crippen molar-refractivity contribution in [2.75, 3.05) is 30.4 Å². The summed E-state index contributed by atoms with van der Waals surface area (Å²) < 4.78 is 26.5. The first-order valence-electron chi connectivity index (χ1n) is 9.90. The monoisotopic (exact) mass is 416 g/mol. The molecule has 1 saturated heterocycles. The Morgan fingerprint density at radius 3 is 2.38 bits per heavy atom. The number of amides is 1. The molecule has 0 unspecified atom stereocenters. The van der Waals surface area contributed by atoms with Gasteiger partial charge in [0.25, 0.3) is 5.91 Å². The Bertz CT molecular complexity index is 952. The van der Waals surface area contributed by atoms with E-state index in [9.17, 15) is 13.2 Å². The van der Waals surface area contributed by atoms with Crippen LogP contribution in [0.25, 0.3) is 0 Å². The molecule has 1 amide bonds. The van der Waals surface area contributed by atoms with Gasteiger partial charge in [0.2, 0.25) is 10.0 Å². The minimum Gasteiger partial charge on any atom is -0.356 e. The van der Waals surface area contributed by atoms with E-state index in [2.05, 4.69) is 15.2 Å². The van der Waals surface area contributed by atoms with Gasteiger partial charge in [-0.2, -0.15) is 4.31 Å². The van der Waals surface area contributed by atoms with Gasteiger partial charge in [-0.25, -0.2) is 13.4 Å². The van der Waals surface area contributed by atoms with E-state index in [0.717, 1.165) is 25.9 Å². The third kappa shape index (κ3) is 4.76. The zero-order chi connectivity index (χ0) is 21.0. The maximum Gasteiger partial charge on any atom is 0.259 e. The van der Waals surface area contributed by atoms with Gasteiger partial charge in [0.05, 0.1) is 10.5 Å². The Balaban J connectivity index is 1.77. The Labute approximate surface area is 172 Å². The van der Waals surface area contributed by atoms with Crippen LogP contribution in [0.3, 0.4) is 0 Å². The van der Waals surface area contributed by atoms with Gasteiger partial charge in [-0.3, -0.25) is 4.79 Å². The molecule has 1 aromatic carbocycles. The fourth-order valence-electron chi connectivity index (χ4n) is 3.28. The molecule has 1 aromatic heterocycles. The standard InChI is InChI=1S/C21H28N4O3S/c1-16(2)24(3)29(27,28)18-11-9-17(10-12-18)23-21(26)19-8-7-13-22-20(19)25-14-5-4-6-15-25/h7-13,16H,4-6,14-15H2,1-3H3,(H,23,26). The summed E-state index contributed by atoms with van der Waals surface area (Å²) in [6, 6.07) is 9.61. The predicted octanol–water partition coefficient (Wildman–Crippen LogP) is 3.35. The molecule has 1 aliphatic rings. The number of hydrogen-bond acceptors (Lipinski definition) is 5. The smallest absolute Gasteiger partial charge is 0.259 e. The minimum atomic E-state index is -3.55. The summed E-state index contributed by atoms with van der Waals surface area (Å²) in [6.07, 6.45) is 5.09. The first-order chi connectivity index (χ1) is 13.8. The van der Waals surface area contributed by atoms with Gasteiger partial charge < -0.3 is 10.2 Å². The van der Waals surface area contributed by atoms with E-state index in [4.69, 9.17) is 0 Å². The molecule has 29 heavy (non-hydrogen) atoms. The van der Waals surface area contributed by atoms with Crippen LogP contribution in [0.1, 0.15) is 43.5 Å². The Hall–Kier alpha value is -2.45. The van der Waals surface area contributed by atoms with Gasteiger partial charge in [-0.15, -0.1) is 0 Å². The molecule has 1 N–H and O–H groups in total. The van der Waals surface area contributed by atoms with Crippen molar-refractivity contribution >= 4 is 27.4 Å². The van der Waals surface area contributed by atoms with Gasteiger partial charge in [0.1, 0.15) is 5.82 Å². The average molecular weight is 417 g/mol. The second-order valence-corrected chi connectivity index (χ2v) is 9.51. The van der Waals surface area contributed by atoms with Crippen molar-refractivity contribution in [1.82, 2.24) is 9.29 Å². The van der Waals surface area contributed by atoms with Gasteiger partial charge >= 0.3 is 0 Å². The molecular formula is C21H28N4O3S. The van der Waals surface area contributed by atoms with Crippen molar-refractivity contribution in [2.24, 2.45) is 0 Å². The van der Waals surface area contributed by atoms with Crippen molar-refractivity contribution in [3.05, 3.63) is 48.2 Å². The molecule has 1 aliphatic heterocycles. The second kappa shape index (κ2) is 8.92. The van der Waals surface area contributed by atoms with E-state index in [1.54, 1.807) is 37.5 Å². The quantitative estimate of drug-likeness (QED) is 0.781. The summed E-state index contributed by atoms with van der Waals surface area (Å²) in [4.78, 5) is 19.6. The first kappa shape index (κ1) is 21.3. The number of carbonyl (C=O) groups excluding carboxylic acids is 1. The third-order valence-corrected chi connectivity index (χ3v) is 7.25. The number of nitrogens with one attached hydrogen (secondary N) is 1. The molecule has 7 nitrogen and oxygen atoms in total. The molecule has 0 saturated carbocycles. The van der Waals surface area contributed by atoms with Crippen LogP contribution < -0.4 is 10.2 Å². The average Bonchev–Trinajstić information content (AvgIpc) is 2.74. The van der Waals surface area contributed by atoms with Gasteiger partial charge in [-0.1, -0.05) is 0 Å². The van der Waals surface area contributed by atoms with Crippen LogP contribution in [0, 0.1) is 0 Å². The van der Waals surface area contributed by atoms with E-state index in [-0.39, 0.29) is 16.8 Å². The van der Waals surface area contributed by atoms with E-state index in [1.807, 2.05) is 13.8 Å². The Morgan fingerprint density at radius 1 is 1.10 bits per heavy atom. The lowest BCUT2D eigenvalue weighted by atomic mass is 10.1. The van der Waals surface area contributed by atoms with Gasteiger partial charge in [0.15, 0.2) is 0 Å². The van der Waals surface area contributed by atoms with Crippen molar-refractivity contribution in [3.8, 4) is 0 Å². The van der Waals surface area contributed by atoms with Crippen molar-refractivity contribution in [2.45, 2.75) is 44.0 Å². The van der Waals surface area contributed by atoms with Crippen LogP contribution in [-0.2, 0) is 10.0 Å². The van der Waals surface area contributed by atoms with Crippen LogP contribution >= 0.6 is 0 Å². The highest BCUT2D eigenvalue weighted by Crippen LogP contribution is 2.24. The van der Waals surface area contributed by atoms with Crippen molar-refractivity contribution in [1.29, 1.82) is 0 Å². The lowest BCUT2D eigenvalue weighted by Gasteiger charge is -2.29. The molecular weight excluding hydrogens is 388 g/mol. The molecule has 8 heteroatoms. The highest BCUT2D eigenvalue weighted by Gasteiger charge is 2.23. The van der Waals surface area contributed by atoms with E-state index >= 15 is 0 Å². The Morgan fingerprint density at radius 2 is 1.76 bits per heavy atom. The largest absolute Gasteiger partial charge is 0.356 e. The molecule has 0 atom stereocenters. The van der Waals surface area contributed by atoms with E-state index in [0.29, 0.717) is 17.1 Å². The summed E-state index contributed by atoms with van der Waals surface area (Å²) in [5.41, 5.74) is 1.06. The van der Waals surface area contributed by atoms with Crippen LogP contribution in [-0.4, -0.2) is 49.8 Å². The van der Waals surface area contributed by atoms with Gasteiger partial charge in [-0.05, 0) is 69.5 Å². The summed E-state index contributed by atoms with van der Waals surface area (Å²) in [5.74, 6) is 0.441. The highest BCUT2D eigenvalue weighted by atomic mass is 32.2. The number of hydrogen-bond donors (Lipinski definition) is 1. The molecule has 0 spiro atoms. The maximum atomic E-state index is 12.9. The number of piperidine rings is 1. The summed E-state index contributed by atoms with van der Waals surface area (Å²) in [7, 11) is -2.00. The summed E-state index contributed by atoms with van der Waals surface area (Å²) >= 11 is 0. The normalized spacial score (nSPS) is 15.0. The lowest BCUT2D eigenvalue weighted by Crippen LogP contribution is -2.33. The fraction of sp³-hybridized carbons (Fsp3) is 0.429. The molecule has 1 fully saturated rings. The zero-order valence-electron chi connectivity index (χ0n) is 17.1. The SMILES string of the molecule is CC(C)N(C)S(=O)(=O)c1ccc(NC(=O)c2cccnc2N2CCCCC2)cc1. The molecule has 2 aromatic rings. The molecule has 0 aliphatic carbocycles. The second-order valence-electron chi connectivity index (χ2n) is 7.52. The van der Waals surface area contributed by atoms with E-state index < -0.39 is 10.0 Å². The van der Waals surface area contributed by atoms with E-state index in [1.165, 1.54) is 22.9 Å². The number of benzene rings is 1. The number of pyridine rings is 1. The third-order valence-electron chi connectivity index (χ3n) is 5.20. The van der Waals surface area contributed by atoms with Crippen molar-refractivity contribution in [3.63, 3.8) is 0 Å². The molecule has 0 radical (unpaired) electrons.